The summed E-state index contributed by atoms with van der Waals surface area (Å²) < 4.78 is 0. The second-order valence-corrected chi connectivity index (χ2v) is 6.50. The molecule has 2 aromatic carbocycles. The molecule has 22 heavy (non-hydrogen) atoms. The van der Waals surface area contributed by atoms with Gasteiger partial charge in [0.2, 0.25) is 0 Å². The fourth-order valence-corrected chi connectivity index (χ4v) is 3.65. The van der Waals surface area contributed by atoms with Crippen molar-refractivity contribution in [2.75, 3.05) is 5.73 Å². The van der Waals surface area contributed by atoms with Gasteiger partial charge in [0.1, 0.15) is 0 Å². The van der Waals surface area contributed by atoms with Gasteiger partial charge in [0.15, 0.2) is 0 Å². The lowest BCUT2D eigenvalue weighted by Gasteiger charge is -2.17. The van der Waals surface area contributed by atoms with Crippen molar-refractivity contribution >= 4 is 5.69 Å². The number of anilines is 1. The zero-order chi connectivity index (χ0) is 15.5. The second-order valence-electron chi connectivity index (χ2n) is 6.50. The molecule has 0 saturated carbocycles. The van der Waals surface area contributed by atoms with E-state index in [2.05, 4.69) is 44.2 Å². The van der Waals surface area contributed by atoms with Crippen LogP contribution < -0.4 is 5.73 Å². The van der Waals surface area contributed by atoms with E-state index in [-0.39, 0.29) is 0 Å². The molecule has 0 heterocycles. The fraction of sp³-hybridized carbons (Fsp3) is 0.429. The molecule has 2 aromatic rings. The van der Waals surface area contributed by atoms with E-state index in [1.54, 1.807) is 0 Å². The maximum Gasteiger partial charge on any atom is 0.0391 e. The standard InChI is InChI=1S/C21H27N/c1-3-5-9-16-13-19-17-12-8-7-10-15(17)14-20(19)21(22)18(16)11-6-4-2/h7-8,10,12-13H,3-6,9,11,14,22H2,1-2H3. The first-order valence-electron chi connectivity index (χ1n) is 8.77. The minimum Gasteiger partial charge on any atom is -0.398 e. The van der Waals surface area contributed by atoms with Crippen molar-refractivity contribution < 1.29 is 0 Å². The molecule has 3 rings (SSSR count). The molecule has 116 valence electrons. The molecule has 0 saturated heterocycles. The summed E-state index contributed by atoms with van der Waals surface area (Å²) in [4.78, 5) is 0. The molecular weight excluding hydrogens is 266 g/mol. The maximum atomic E-state index is 6.63. The molecule has 0 unspecified atom stereocenters. The summed E-state index contributed by atoms with van der Waals surface area (Å²) >= 11 is 0. The summed E-state index contributed by atoms with van der Waals surface area (Å²) in [5, 5.41) is 0. The highest BCUT2D eigenvalue weighted by Gasteiger charge is 2.23. The van der Waals surface area contributed by atoms with Gasteiger partial charge in [-0.15, -0.1) is 0 Å². The molecule has 0 aromatic heterocycles. The number of benzene rings is 2. The predicted molar refractivity (Wildman–Crippen MR) is 96.3 cm³/mol. The van der Waals surface area contributed by atoms with E-state index in [4.69, 9.17) is 5.73 Å². The minimum absolute atomic E-state index is 1.00. The number of hydrogen-bond acceptors (Lipinski definition) is 1. The van der Waals surface area contributed by atoms with Crippen molar-refractivity contribution in [3.63, 3.8) is 0 Å². The Hall–Kier alpha value is -1.76. The van der Waals surface area contributed by atoms with E-state index >= 15 is 0 Å². The van der Waals surface area contributed by atoms with Gasteiger partial charge in [-0.2, -0.15) is 0 Å². The molecule has 1 heteroatoms. The Kier molecular flexibility index (Phi) is 4.52. The average molecular weight is 293 g/mol. The third-order valence-corrected chi connectivity index (χ3v) is 4.94. The van der Waals surface area contributed by atoms with E-state index in [1.165, 1.54) is 59.1 Å². The van der Waals surface area contributed by atoms with Crippen LogP contribution in [0.15, 0.2) is 30.3 Å². The summed E-state index contributed by atoms with van der Waals surface area (Å²) in [6.45, 7) is 4.52. The van der Waals surface area contributed by atoms with Crippen molar-refractivity contribution in [1.82, 2.24) is 0 Å². The molecule has 0 fully saturated rings. The SMILES string of the molecule is CCCCc1cc2c(c(N)c1CCCC)Cc1ccccc1-2. The van der Waals surface area contributed by atoms with E-state index in [1.807, 2.05) is 0 Å². The first-order chi connectivity index (χ1) is 10.8. The minimum atomic E-state index is 1.00. The Morgan fingerprint density at radius 1 is 0.955 bits per heavy atom. The molecule has 0 spiro atoms. The molecule has 0 aliphatic heterocycles. The number of rotatable bonds is 6. The molecule has 1 aliphatic rings. The van der Waals surface area contributed by atoms with Crippen LogP contribution in [0, 0.1) is 0 Å². The van der Waals surface area contributed by atoms with Gasteiger partial charge in [0.25, 0.3) is 0 Å². The monoisotopic (exact) mass is 293 g/mol. The number of fused-ring (bicyclic) bond motifs is 3. The molecule has 0 radical (unpaired) electrons. The molecule has 0 amide bonds. The highest BCUT2D eigenvalue weighted by Crippen LogP contribution is 2.42. The van der Waals surface area contributed by atoms with Crippen LogP contribution in [0.2, 0.25) is 0 Å². The van der Waals surface area contributed by atoms with Crippen LogP contribution in [0.4, 0.5) is 5.69 Å². The number of unbranched alkanes of at least 4 members (excludes halogenated alkanes) is 2. The van der Waals surface area contributed by atoms with Crippen LogP contribution in [-0.4, -0.2) is 0 Å². The summed E-state index contributed by atoms with van der Waals surface area (Å²) in [5.41, 5.74) is 16.2. The van der Waals surface area contributed by atoms with Gasteiger partial charge in [-0.25, -0.2) is 0 Å². The van der Waals surface area contributed by atoms with Crippen LogP contribution >= 0.6 is 0 Å². The van der Waals surface area contributed by atoms with E-state index in [0.717, 1.165) is 24.9 Å². The predicted octanol–water partition coefficient (Wildman–Crippen LogP) is 5.53. The molecule has 1 nitrogen and oxygen atoms in total. The summed E-state index contributed by atoms with van der Waals surface area (Å²) in [6.07, 6.45) is 8.24. The van der Waals surface area contributed by atoms with Crippen molar-refractivity contribution in [1.29, 1.82) is 0 Å². The highest BCUT2D eigenvalue weighted by atomic mass is 14.6. The summed E-state index contributed by atoms with van der Waals surface area (Å²) in [5.74, 6) is 0. The van der Waals surface area contributed by atoms with Crippen LogP contribution in [0.1, 0.15) is 61.8 Å². The smallest absolute Gasteiger partial charge is 0.0391 e. The summed E-state index contributed by atoms with van der Waals surface area (Å²) in [7, 11) is 0. The topological polar surface area (TPSA) is 26.0 Å². The largest absolute Gasteiger partial charge is 0.398 e. The lowest BCUT2D eigenvalue weighted by molar-refractivity contribution is 0.759. The molecule has 0 atom stereocenters. The Morgan fingerprint density at radius 3 is 2.45 bits per heavy atom. The first-order valence-corrected chi connectivity index (χ1v) is 8.77. The zero-order valence-corrected chi connectivity index (χ0v) is 13.9. The van der Waals surface area contributed by atoms with E-state index in [0.29, 0.717) is 0 Å². The number of aryl methyl sites for hydroxylation is 1. The van der Waals surface area contributed by atoms with Crippen molar-refractivity contribution in [3.05, 3.63) is 52.6 Å². The third-order valence-electron chi connectivity index (χ3n) is 4.94. The number of nitrogen functional groups attached to an aromatic ring is 1. The maximum absolute atomic E-state index is 6.63. The van der Waals surface area contributed by atoms with Gasteiger partial charge in [0.05, 0.1) is 0 Å². The van der Waals surface area contributed by atoms with Gasteiger partial charge in [0, 0.05) is 12.1 Å². The Labute approximate surface area is 134 Å². The van der Waals surface area contributed by atoms with Gasteiger partial charge >= 0.3 is 0 Å². The molecule has 2 N–H and O–H groups in total. The average Bonchev–Trinajstić information content (AvgIpc) is 2.91. The Balaban J connectivity index is 2.08. The van der Waals surface area contributed by atoms with Gasteiger partial charge < -0.3 is 5.73 Å². The zero-order valence-electron chi connectivity index (χ0n) is 13.9. The number of nitrogens with two attached hydrogens (primary N) is 1. The molecule has 0 bridgehead atoms. The Morgan fingerprint density at radius 2 is 1.68 bits per heavy atom. The fourth-order valence-electron chi connectivity index (χ4n) is 3.65. The van der Waals surface area contributed by atoms with Crippen LogP contribution in [0.5, 0.6) is 0 Å². The van der Waals surface area contributed by atoms with Crippen LogP contribution in [-0.2, 0) is 19.3 Å². The Bertz CT molecular complexity index is 670. The quantitative estimate of drug-likeness (QED) is 0.594. The first kappa shape index (κ1) is 15.1. The van der Waals surface area contributed by atoms with Crippen molar-refractivity contribution in [2.45, 2.75) is 58.8 Å². The summed E-state index contributed by atoms with van der Waals surface area (Å²) in [6, 6.07) is 11.2. The van der Waals surface area contributed by atoms with Crippen molar-refractivity contribution in [2.24, 2.45) is 0 Å². The van der Waals surface area contributed by atoms with E-state index in [9.17, 15) is 0 Å². The number of hydrogen-bond donors (Lipinski definition) is 1. The van der Waals surface area contributed by atoms with Crippen LogP contribution in [0.25, 0.3) is 11.1 Å². The van der Waals surface area contributed by atoms with E-state index < -0.39 is 0 Å². The van der Waals surface area contributed by atoms with Crippen LogP contribution in [0.3, 0.4) is 0 Å². The third kappa shape index (κ3) is 2.65. The lowest BCUT2D eigenvalue weighted by Crippen LogP contribution is -2.05. The van der Waals surface area contributed by atoms with Crippen molar-refractivity contribution in [3.8, 4) is 11.1 Å². The second kappa shape index (κ2) is 6.56. The highest BCUT2D eigenvalue weighted by molar-refractivity contribution is 5.83. The molecular formula is C21H27N. The normalized spacial score (nSPS) is 12.3. The molecule has 1 aliphatic carbocycles. The van der Waals surface area contributed by atoms with Gasteiger partial charge in [-0.1, -0.05) is 57.0 Å². The van der Waals surface area contributed by atoms with Gasteiger partial charge in [-0.05, 0) is 59.1 Å². The van der Waals surface area contributed by atoms with Gasteiger partial charge in [-0.3, -0.25) is 0 Å². The lowest BCUT2D eigenvalue weighted by atomic mass is 9.90.